The molecule has 1 unspecified atom stereocenters. The van der Waals surface area contributed by atoms with Gasteiger partial charge in [-0.2, -0.15) is 0 Å². The minimum Gasteiger partial charge on any atom is -0.379 e. The smallest absolute Gasteiger partial charge is 0.208 e. The summed E-state index contributed by atoms with van der Waals surface area (Å²) in [6, 6.07) is 6.60. The third-order valence-electron chi connectivity index (χ3n) is 4.52. The summed E-state index contributed by atoms with van der Waals surface area (Å²) in [5.74, 6) is 0.419. The molecule has 0 radical (unpaired) electrons. The quantitative estimate of drug-likeness (QED) is 0.174. The summed E-state index contributed by atoms with van der Waals surface area (Å²) < 4.78 is 43.5. The fourth-order valence-corrected chi connectivity index (χ4v) is 3.59. The monoisotopic (exact) mass is 557 g/mol. The Morgan fingerprint density at radius 2 is 1.87 bits per heavy atom. The van der Waals surface area contributed by atoms with Crippen LogP contribution in [0.4, 0.5) is 4.39 Å². The lowest BCUT2D eigenvalue weighted by Crippen LogP contribution is -2.42. The SMILES string of the molecule is CCNC(=NCC(c1ccc(F)cc1)N1CCOCC1)NCCCNS(C)(=O)=O.I. The Hall–Kier alpha value is -1.02. The van der Waals surface area contributed by atoms with Crippen LogP contribution in [0.25, 0.3) is 0 Å². The number of benzene rings is 1. The van der Waals surface area contributed by atoms with E-state index in [9.17, 15) is 12.8 Å². The first kappa shape index (κ1) is 27.0. The van der Waals surface area contributed by atoms with Crippen LogP contribution in [0, 0.1) is 5.82 Å². The molecule has 1 fully saturated rings. The number of rotatable bonds is 10. The number of nitrogens with zero attached hydrogens (tertiary/aromatic N) is 2. The molecule has 8 nitrogen and oxygen atoms in total. The van der Waals surface area contributed by atoms with Gasteiger partial charge in [0.25, 0.3) is 0 Å². The van der Waals surface area contributed by atoms with E-state index >= 15 is 0 Å². The predicted octanol–water partition coefficient (Wildman–Crippen LogP) is 1.31. The van der Waals surface area contributed by atoms with Gasteiger partial charge in [0.1, 0.15) is 5.82 Å². The molecule has 1 aliphatic heterocycles. The molecular weight excluding hydrogens is 524 g/mol. The molecule has 30 heavy (non-hydrogen) atoms. The van der Waals surface area contributed by atoms with E-state index in [1.54, 1.807) is 0 Å². The van der Waals surface area contributed by atoms with E-state index in [2.05, 4.69) is 20.3 Å². The van der Waals surface area contributed by atoms with Gasteiger partial charge in [0.2, 0.25) is 10.0 Å². The lowest BCUT2D eigenvalue weighted by Gasteiger charge is -2.34. The molecule has 1 aromatic carbocycles. The predicted molar refractivity (Wildman–Crippen MR) is 128 cm³/mol. The molecule has 0 aliphatic carbocycles. The van der Waals surface area contributed by atoms with Crippen LogP contribution >= 0.6 is 24.0 Å². The molecular formula is C19H33FIN5O3S. The number of morpholine rings is 1. The minimum atomic E-state index is -3.17. The average molecular weight is 557 g/mol. The van der Waals surface area contributed by atoms with Crippen LogP contribution in [-0.4, -0.2) is 78.0 Å². The van der Waals surface area contributed by atoms with E-state index in [0.717, 1.165) is 24.9 Å². The summed E-state index contributed by atoms with van der Waals surface area (Å²) in [6.07, 6.45) is 1.79. The van der Waals surface area contributed by atoms with E-state index in [0.29, 0.717) is 51.8 Å². The molecule has 0 bridgehead atoms. The van der Waals surface area contributed by atoms with Crippen molar-refractivity contribution < 1.29 is 17.5 Å². The zero-order valence-corrected chi connectivity index (χ0v) is 20.7. The van der Waals surface area contributed by atoms with Crippen LogP contribution in [0.3, 0.4) is 0 Å². The van der Waals surface area contributed by atoms with Crippen LogP contribution in [0.5, 0.6) is 0 Å². The standard InChI is InChI=1S/C19H32FN5O3S.HI/c1-3-21-19(22-9-4-10-24-29(2,26)27)23-15-18(25-11-13-28-14-12-25)16-5-7-17(20)8-6-16;/h5-8,18,24H,3-4,9-15H2,1-2H3,(H2,21,22,23);1H. The Bertz CT molecular complexity index is 743. The normalized spacial score (nSPS) is 16.6. The number of hydrogen-bond donors (Lipinski definition) is 3. The van der Waals surface area contributed by atoms with E-state index in [-0.39, 0.29) is 35.8 Å². The summed E-state index contributed by atoms with van der Waals surface area (Å²) in [6.45, 7) is 7.14. The van der Waals surface area contributed by atoms with Crippen molar-refractivity contribution in [3.8, 4) is 0 Å². The Balaban J connectivity index is 0.00000450. The Morgan fingerprint density at radius 1 is 1.20 bits per heavy atom. The molecule has 3 N–H and O–H groups in total. The van der Waals surface area contributed by atoms with Crippen LogP contribution in [-0.2, 0) is 14.8 Å². The first-order valence-corrected chi connectivity index (χ1v) is 11.8. The van der Waals surface area contributed by atoms with Gasteiger partial charge in [-0.05, 0) is 31.0 Å². The molecule has 0 spiro atoms. The Kier molecular flexibility index (Phi) is 12.7. The van der Waals surface area contributed by atoms with Crippen LogP contribution < -0.4 is 15.4 Å². The fraction of sp³-hybridized carbons (Fsp3) is 0.632. The van der Waals surface area contributed by atoms with Crippen molar-refractivity contribution in [2.24, 2.45) is 4.99 Å². The highest BCUT2D eigenvalue weighted by Crippen LogP contribution is 2.22. The Labute approximate surface area is 196 Å². The molecule has 11 heteroatoms. The maximum atomic E-state index is 13.4. The number of ether oxygens (including phenoxy) is 1. The largest absolute Gasteiger partial charge is 0.379 e. The molecule has 2 rings (SSSR count). The van der Waals surface area contributed by atoms with E-state index in [4.69, 9.17) is 9.73 Å². The van der Waals surface area contributed by atoms with Gasteiger partial charge in [0.05, 0.1) is 32.1 Å². The molecule has 172 valence electrons. The summed E-state index contributed by atoms with van der Waals surface area (Å²) in [5.41, 5.74) is 1.02. The first-order chi connectivity index (χ1) is 13.9. The molecule has 1 heterocycles. The second kappa shape index (κ2) is 14.1. The fourth-order valence-electron chi connectivity index (χ4n) is 3.08. The Morgan fingerprint density at radius 3 is 2.47 bits per heavy atom. The number of aliphatic imine (C=N–C) groups is 1. The lowest BCUT2D eigenvalue weighted by molar-refractivity contribution is 0.0179. The van der Waals surface area contributed by atoms with E-state index in [1.807, 2.05) is 19.1 Å². The zero-order chi connectivity index (χ0) is 21.1. The highest BCUT2D eigenvalue weighted by molar-refractivity contribution is 14.0. The number of sulfonamides is 1. The zero-order valence-electron chi connectivity index (χ0n) is 17.6. The second-order valence-corrected chi connectivity index (χ2v) is 8.72. The molecule has 1 saturated heterocycles. The molecule has 1 aliphatic rings. The van der Waals surface area contributed by atoms with Gasteiger partial charge < -0.3 is 15.4 Å². The van der Waals surface area contributed by atoms with Crippen LogP contribution in [0.1, 0.15) is 24.9 Å². The number of hydrogen-bond acceptors (Lipinski definition) is 5. The topological polar surface area (TPSA) is 95.1 Å². The van der Waals surface area contributed by atoms with E-state index in [1.165, 1.54) is 12.1 Å². The molecule has 0 aromatic heterocycles. The van der Waals surface area contributed by atoms with E-state index < -0.39 is 10.0 Å². The van der Waals surface area contributed by atoms with Gasteiger partial charge in [0, 0.05) is 32.7 Å². The van der Waals surface area contributed by atoms with Gasteiger partial charge in [-0.1, -0.05) is 12.1 Å². The van der Waals surface area contributed by atoms with Crippen molar-refractivity contribution in [3.05, 3.63) is 35.6 Å². The summed E-state index contributed by atoms with van der Waals surface area (Å²) >= 11 is 0. The van der Waals surface area contributed by atoms with Crippen molar-refractivity contribution in [3.63, 3.8) is 0 Å². The van der Waals surface area contributed by atoms with Crippen LogP contribution in [0.15, 0.2) is 29.3 Å². The summed E-state index contributed by atoms with van der Waals surface area (Å²) in [7, 11) is -3.17. The van der Waals surface area contributed by atoms with Crippen molar-refractivity contribution in [1.82, 2.24) is 20.3 Å². The van der Waals surface area contributed by atoms with Crippen molar-refractivity contribution in [1.29, 1.82) is 0 Å². The van der Waals surface area contributed by atoms with Crippen molar-refractivity contribution in [2.75, 3.05) is 58.7 Å². The van der Waals surface area contributed by atoms with Gasteiger partial charge in [-0.15, -0.1) is 24.0 Å². The van der Waals surface area contributed by atoms with Crippen molar-refractivity contribution >= 4 is 40.0 Å². The molecule has 0 saturated carbocycles. The number of halogens is 2. The summed E-state index contributed by atoms with van der Waals surface area (Å²) in [4.78, 5) is 7.02. The first-order valence-electron chi connectivity index (χ1n) is 9.93. The lowest BCUT2D eigenvalue weighted by atomic mass is 10.0. The van der Waals surface area contributed by atoms with Crippen LogP contribution in [0.2, 0.25) is 0 Å². The highest BCUT2D eigenvalue weighted by Gasteiger charge is 2.22. The van der Waals surface area contributed by atoms with Gasteiger partial charge in [-0.3, -0.25) is 9.89 Å². The third-order valence-corrected chi connectivity index (χ3v) is 5.25. The number of guanidine groups is 1. The highest BCUT2D eigenvalue weighted by atomic mass is 127. The second-order valence-electron chi connectivity index (χ2n) is 6.88. The molecule has 0 amide bonds. The average Bonchev–Trinajstić information content (AvgIpc) is 2.69. The minimum absolute atomic E-state index is 0. The van der Waals surface area contributed by atoms with Gasteiger partial charge >= 0.3 is 0 Å². The molecule has 1 aromatic rings. The molecule has 1 atom stereocenters. The van der Waals surface area contributed by atoms with Gasteiger partial charge in [0.15, 0.2) is 5.96 Å². The maximum absolute atomic E-state index is 13.4. The maximum Gasteiger partial charge on any atom is 0.208 e. The summed E-state index contributed by atoms with van der Waals surface area (Å²) in [5, 5.41) is 6.43. The van der Waals surface area contributed by atoms with Crippen molar-refractivity contribution in [2.45, 2.75) is 19.4 Å². The number of nitrogens with one attached hydrogen (secondary N) is 3. The van der Waals surface area contributed by atoms with Gasteiger partial charge in [-0.25, -0.2) is 17.5 Å². The third kappa shape index (κ3) is 10.3.